The molecule has 1 aromatic heterocycles. The first kappa shape index (κ1) is 18.0. The number of nitrogens with zero attached hydrogens (tertiary/aromatic N) is 2. The quantitative estimate of drug-likeness (QED) is 0.417. The van der Waals surface area contributed by atoms with Gasteiger partial charge in [-0.3, -0.25) is 4.79 Å². The number of carbonyl (C=O) groups is 1. The SMILES string of the molecule is O=C(c1ccc(C#Cc2ccccc2)cc1)N1Cc2cccn2Cc2ccccc21. The number of aromatic nitrogens is 1. The van der Waals surface area contributed by atoms with Crippen molar-refractivity contribution in [2.24, 2.45) is 0 Å². The van der Waals surface area contributed by atoms with Crippen molar-refractivity contribution in [3.63, 3.8) is 0 Å². The zero-order valence-corrected chi connectivity index (χ0v) is 16.5. The number of hydrogen-bond acceptors (Lipinski definition) is 1. The van der Waals surface area contributed by atoms with Gasteiger partial charge in [-0.2, -0.15) is 0 Å². The smallest absolute Gasteiger partial charge is 0.258 e. The fourth-order valence-corrected chi connectivity index (χ4v) is 3.78. The maximum atomic E-state index is 13.4. The molecule has 30 heavy (non-hydrogen) atoms. The number of fused-ring (bicyclic) bond motifs is 2. The van der Waals surface area contributed by atoms with E-state index in [-0.39, 0.29) is 5.91 Å². The molecule has 0 bridgehead atoms. The van der Waals surface area contributed by atoms with Gasteiger partial charge >= 0.3 is 0 Å². The van der Waals surface area contributed by atoms with E-state index in [2.05, 4.69) is 34.7 Å². The molecular formula is C27H20N2O. The molecule has 0 saturated carbocycles. The minimum Gasteiger partial charge on any atom is -0.345 e. The summed E-state index contributed by atoms with van der Waals surface area (Å²) in [6.07, 6.45) is 2.07. The predicted octanol–water partition coefficient (Wildman–Crippen LogP) is 5.10. The summed E-state index contributed by atoms with van der Waals surface area (Å²) >= 11 is 0. The van der Waals surface area contributed by atoms with Gasteiger partial charge in [-0.1, -0.05) is 48.2 Å². The molecule has 144 valence electrons. The summed E-state index contributed by atoms with van der Waals surface area (Å²) in [5, 5.41) is 0. The van der Waals surface area contributed by atoms with Gasteiger partial charge in [0.15, 0.2) is 0 Å². The van der Waals surface area contributed by atoms with Gasteiger partial charge in [-0.25, -0.2) is 0 Å². The van der Waals surface area contributed by atoms with Gasteiger partial charge in [0.2, 0.25) is 0 Å². The van der Waals surface area contributed by atoms with Crippen molar-refractivity contribution in [2.75, 3.05) is 4.90 Å². The molecule has 1 amide bonds. The third kappa shape index (κ3) is 3.52. The predicted molar refractivity (Wildman–Crippen MR) is 119 cm³/mol. The number of anilines is 1. The van der Waals surface area contributed by atoms with Crippen molar-refractivity contribution in [1.82, 2.24) is 4.57 Å². The highest BCUT2D eigenvalue weighted by Gasteiger charge is 2.24. The molecule has 0 spiro atoms. The molecule has 0 aliphatic carbocycles. The third-order valence-corrected chi connectivity index (χ3v) is 5.37. The summed E-state index contributed by atoms with van der Waals surface area (Å²) < 4.78 is 2.20. The van der Waals surface area contributed by atoms with Crippen molar-refractivity contribution in [1.29, 1.82) is 0 Å². The Morgan fingerprint density at radius 3 is 2.20 bits per heavy atom. The van der Waals surface area contributed by atoms with E-state index in [1.54, 1.807) is 0 Å². The van der Waals surface area contributed by atoms with E-state index >= 15 is 0 Å². The normalized spacial score (nSPS) is 12.2. The van der Waals surface area contributed by atoms with E-state index < -0.39 is 0 Å². The Labute approximate surface area is 176 Å². The lowest BCUT2D eigenvalue weighted by molar-refractivity contribution is 0.0985. The zero-order valence-electron chi connectivity index (χ0n) is 16.5. The average molecular weight is 388 g/mol. The molecule has 1 aliphatic heterocycles. The first-order valence-electron chi connectivity index (χ1n) is 9.99. The fraction of sp³-hybridized carbons (Fsp3) is 0.0741. The third-order valence-electron chi connectivity index (χ3n) is 5.37. The molecule has 0 unspecified atom stereocenters. The molecule has 4 aromatic rings. The van der Waals surface area contributed by atoms with Gasteiger partial charge in [0.05, 0.1) is 6.54 Å². The summed E-state index contributed by atoms with van der Waals surface area (Å²) in [6, 6.07) is 29.7. The molecule has 3 aromatic carbocycles. The summed E-state index contributed by atoms with van der Waals surface area (Å²) in [6.45, 7) is 1.33. The first-order valence-corrected chi connectivity index (χ1v) is 9.99. The van der Waals surface area contributed by atoms with Crippen LogP contribution in [0.2, 0.25) is 0 Å². The largest absolute Gasteiger partial charge is 0.345 e. The minimum atomic E-state index is -0.000307. The molecule has 0 radical (unpaired) electrons. The number of para-hydroxylation sites is 1. The highest BCUT2D eigenvalue weighted by atomic mass is 16.2. The number of benzene rings is 3. The van der Waals surface area contributed by atoms with Crippen LogP contribution in [-0.2, 0) is 13.1 Å². The van der Waals surface area contributed by atoms with E-state index in [0.29, 0.717) is 12.1 Å². The lowest BCUT2D eigenvalue weighted by Gasteiger charge is -2.22. The minimum absolute atomic E-state index is 0.000307. The van der Waals surface area contributed by atoms with Crippen molar-refractivity contribution >= 4 is 11.6 Å². The van der Waals surface area contributed by atoms with Crippen molar-refractivity contribution in [3.8, 4) is 11.8 Å². The first-order chi connectivity index (χ1) is 14.8. The Kier molecular flexibility index (Phi) is 4.67. The Balaban J connectivity index is 1.44. The van der Waals surface area contributed by atoms with Crippen LogP contribution in [0.15, 0.2) is 97.2 Å². The molecule has 2 heterocycles. The van der Waals surface area contributed by atoms with Crippen LogP contribution in [0.3, 0.4) is 0 Å². The van der Waals surface area contributed by atoms with E-state index in [1.165, 1.54) is 0 Å². The van der Waals surface area contributed by atoms with E-state index in [9.17, 15) is 4.79 Å². The van der Waals surface area contributed by atoms with Gasteiger partial charge in [0.1, 0.15) is 0 Å². The van der Waals surface area contributed by atoms with Crippen molar-refractivity contribution in [3.05, 3.63) is 125 Å². The van der Waals surface area contributed by atoms with Gasteiger partial charge in [-0.05, 0) is 60.2 Å². The zero-order chi connectivity index (χ0) is 20.3. The fourth-order valence-electron chi connectivity index (χ4n) is 3.78. The molecule has 0 atom stereocenters. The summed E-state index contributed by atoms with van der Waals surface area (Å²) in [4.78, 5) is 15.3. The second kappa shape index (κ2) is 7.77. The lowest BCUT2D eigenvalue weighted by atomic mass is 10.1. The lowest BCUT2D eigenvalue weighted by Crippen LogP contribution is -2.30. The maximum Gasteiger partial charge on any atom is 0.258 e. The second-order valence-electron chi connectivity index (χ2n) is 7.34. The van der Waals surface area contributed by atoms with Crippen LogP contribution in [0.5, 0.6) is 0 Å². The Hall–Kier alpha value is -4.03. The van der Waals surface area contributed by atoms with Crippen LogP contribution in [0.25, 0.3) is 0 Å². The van der Waals surface area contributed by atoms with Crippen LogP contribution in [0.4, 0.5) is 5.69 Å². The molecular weight excluding hydrogens is 368 g/mol. The molecule has 3 nitrogen and oxygen atoms in total. The molecule has 3 heteroatoms. The van der Waals surface area contributed by atoms with Gasteiger partial charge < -0.3 is 9.47 Å². The number of hydrogen-bond donors (Lipinski definition) is 0. The highest BCUT2D eigenvalue weighted by molar-refractivity contribution is 6.06. The highest BCUT2D eigenvalue weighted by Crippen LogP contribution is 2.29. The average Bonchev–Trinajstić information content (AvgIpc) is 3.17. The standard InChI is InChI=1S/C27H20N2O/c30-27(23-16-14-22(15-17-23)13-12-21-7-2-1-3-8-21)29-20-25-10-6-18-28(25)19-24-9-4-5-11-26(24)29/h1-11,14-18H,19-20H2. The molecule has 0 fully saturated rings. The van der Waals surface area contributed by atoms with Crippen LogP contribution in [0, 0.1) is 11.8 Å². The van der Waals surface area contributed by atoms with E-state index in [1.807, 2.05) is 83.8 Å². The monoisotopic (exact) mass is 388 g/mol. The molecule has 0 N–H and O–H groups in total. The van der Waals surface area contributed by atoms with Crippen molar-refractivity contribution in [2.45, 2.75) is 13.1 Å². The Morgan fingerprint density at radius 1 is 0.700 bits per heavy atom. The second-order valence-corrected chi connectivity index (χ2v) is 7.34. The van der Waals surface area contributed by atoms with Crippen molar-refractivity contribution < 1.29 is 4.79 Å². The molecule has 1 aliphatic rings. The van der Waals surface area contributed by atoms with Crippen LogP contribution < -0.4 is 4.90 Å². The van der Waals surface area contributed by atoms with Crippen LogP contribution in [0.1, 0.15) is 32.7 Å². The van der Waals surface area contributed by atoms with E-state index in [4.69, 9.17) is 0 Å². The maximum absolute atomic E-state index is 13.4. The van der Waals surface area contributed by atoms with Crippen LogP contribution >= 0.6 is 0 Å². The topological polar surface area (TPSA) is 25.2 Å². The van der Waals surface area contributed by atoms with E-state index in [0.717, 1.165) is 34.6 Å². The molecule has 5 rings (SSSR count). The van der Waals surface area contributed by atoms with Gasteiger partial charge in [0.25, 0.3) is 5.91 Å². The van der Waals surface area contributed by atoms with Crippen LogP contribution in [-0.4, -0.2) is 10.5 Å². The number of carbonyl (C=O) groups excluding carboxylic acids is 1. The number of amides is 1. The van der Waals surface area contributed by atoms with Gasteiger partial charge in [-0.15, -0.1) is 0 Å². The number of rotatable bonds is 1. The summed E-state index contributed by atoms with van der Waals surface area (Å²) in [5.41, 5.74) is 5.77. The summed E-state index contributed by atoms with van der Waals surface area (Å²) in [5.74, 6) is 6.32. The Morgan fingerprint density at radius 2 is 1.40 bits per heavy atom. The molecule has 0 saturated heterocycles. The summed E-state index contributed by atoms with van der Waals surface area (Å²) in [7, 11) is 0. The Bertz CT molecular complexity index is 1260. The van der Waals surface area contributed by atoms with Gasteiger partial charge in [0, 0.05) is 40.8 Å².